The maximum Gasteiger partial charge on any atom is 0.412 e. The van der Waals surface area contributed by atoms with Gasteiger partial charge >= 0.3 is 6.09 Å². The summed E-state index contributed by atoms with van der Waals surface area (Å²) in [5.74, 6) is 0. The van der Waals surface area contributed by atoms with Gasteiger partial charge in [-0.05, 0) is 51.8 Å². The molecule has 2 aromatic carbocycles. The molecule has 0 bridgehead atoms. The fraction of sp³-hybridized carbons (Fsp3) is 0.409. The number of nitrogens with zero attached hydrogens (tertiary/aromatic N) is 1. The molecule has 1 aliphatic rings. The average molecular weight is 383 g/mol. The number of benzene rings is 2. The molecule has 0 saturated carbocycles. The Hall–Kier alpha value is -2.41. The lowest BCUT2D eigenvalue weighted by Gasteiger charge is -2.43. The van der Waals surface area contributed by atoms with Crippen molar-refractivity contribution >= 4 is 17.5 Å². The number of quaternary nitrogens is 1. The summed E-state index contributed by atoms with van der Waals surface area (Å²) in [7, 11) is 0. The van der Waals surface area contributed by atoms with E-state index in [1.165, 1.54) is 0 Å². The molecule has 0 saturated heterocycles. The number of fused-ring (bicyclic) bond motifs is 1. The summed E-state index contributed by atoms with van der Waals surface area (Å²) in [5.41, 5.74) is 8.92. The third-order valence-electron chi connectivity index (χ3n) is 4.75. The largest absolute Gasteiger partial charge is 0.627 e. The normalized spacial score (nSPS) is 22.1. The van der Waals surface area contributed by atoms with Crippen molar-refractivity contribution in [2.45, 2.75) is 51.8 Å². The molecule has 2 atom stereocenters. The Morgan fingerprint density at radius 3 is 2.75 bits per heavy atom. The van der Waals surface area contributed by atoms with E-state index in [1.807, 2.05) is 63.2 Å². The van der Waals surface area contributed by atoms with Gasteiger partial charge in [-0.25, -0.2) is 4.79 Å². The molecule has 3 rings (SSSR count). The Bertz CT molecular complexity index is 847. The van der Waals surface area contributed by atoms with Crippen molar-refractivity contribution in [1.29, 1.82) is 0 Å². The Morgan fingerprint density at radius 2 is 2.00 bits per heavy atom. The highest BCUT2D eigenvalue weighted by Crippen LogP contribution is 2.33. The van der Waals surface area contributed by atoms with Crippen LogP contribution in [-0.2, 0) is 17.7 Å². The van der Waals surface area contributed by atoms with Gasteiger partial charge in [0.25, 0.3) is 0 Å². The number of carbonyl (C=O) groups is 1. The minimum atomic E-state index is -0.572. The quantitative estimate of drug-likeness (QED) is 0.611. The summed E-state index contributed by atoms with van der Waals surface area (Å²) >= 11 is 0. The Labute approximate surface area is 166 Å². The Balaban J connectivity index is 1.82. The molecule has 0 aromatic heterocycles. The van der Waals surface area contributed by atoms with E-state index >= 15 is 0 Å². The second kappa shape index (κ2) is 7.91. The second-order valence-corrected chi connectivity index (χ2v) is 8.48. The number of amides is 1. The molecule has 0 aliphatic carbocycles. The van der Waals surface area contributed by atoms with E-state index in [-0.39, 0.29) is 12.6 Å². The number of hydrogen-bond donors (Lipinski definition) is 2. The van der Waals surface area contributed by atoms with E-state index in [9.17, 15) is 10.0 Å². The van der Waals surface area contributed by atoms with Crippen LogP contribution in [0.5, 0.6) is 0 Å². The molecule has 28 heavy (non-hydrogen) atoms. The molecule has 1 amide bonds. The molecule has 0 spiro atoms. The molecule has 6 heteroatoms. The number of carbonyl (C=O) groups excluding carboxylic acids is 1. The van der Waals surface area contributed by atoms with Gasteiger partial charge in [0, 0.05) is 16.8 Å². The van der Waals surface area contributed by atoms with Gasteiger partial charge in [-0.15, -0.1) is 0 Å². The average Bonchev–Trinajstić information content (AvgIpc) is 2.70. The fourth-order valence-electron chi connectivity index (χ4n) is 3.64. The van der Waals surface area contributed by atoms with Crippen molar-refractivity contribution in [2.75, 3.05) is 11.9 Å². The van der Waals surface area contributed by atoms with Gasteiger partial charge in [-0.1, -0.05) is 30.3 Å². The molecular formula is C22H29N3O3. The van der Waals surface area contributed by atoms with Crippen LogP contribution >= 0.6 is 0 Å². The van der Waals surface area contributed by atoms with Crippen molar-refractivity contribution in [3.05, 3.63) is 64.9 Å². The van der Waals surface area contributed by atoms with E-state index in [1.54, 1.807) is 6.07 Å². The number of nitrogens with two attached hydrogens (primary N) is 1. The van der Waals surface area contributed by atoms with Gasteiger partial charge in [0.1, 0.15) is 17.8 Å². The third-order valence-corrected chi connectivity index (χ3v) is 4.75. The number of aryl methyl sites for hydroxylation is 1. The molecule has 2 unspecified atom stereocenters. The summed E-state index contributed by atoms with van der Waals surface area (Å²) in [5, 5.41) is 16.5. The van der Waals surface area contributed by atoms with Crippen LogP contribution < -0.4 is 15.7 Å². The fourth-order valence-corrected chi connectivity index (χ4v) is 3.64. The van der Waals surface area contributed by atoms with Gasteiger partial charge in [-0.2, -0.15) is 0 Å². The number of rotatable bonds is 3. The van der Waals surface area contributed by atoms with Crippen LogP contribution in [0.15, 0.2) is 48.5 Å². The number of nitrogens with one attached hydrogen (secondary N) is 1. The lowest BCUT2D eigenvalue weighted by atomic mass is 10.1. The highest BCUT2D eigenvalue weighted by atomic mass is 16.6. The predicted octanol–water partition coefficient (Wildman–Crippen LogP) is 4.31. The maximum atomic E-state index is 13.8. The SMILES string of the molecule is CC(C)(C)OC(=O)Nc1cccc(C[N+]2([O-])CC(N)CCc3ccccc32)c1. The third kappa shape index (κ3) is 5.10. The zero-order valence-electron chi connectivity index (χ0n) is 16.8. The second-order valence-electron chi connectivity index (χ2n) is 8.48. The van der Waals surface area contributed by atoms with Crippen LogP contribution in [0.3, 0.4) is 0 Å². The molecule has 1 aliphatic heterocycles. The lowest BCUT2D eigenvalue weighted by molar-refractivity contribution is 0.0636. The number of hydrogen-bond acceptors (Lipinski definition) is 4. The standard InChI is InChI=1S/C22H29N3O3/c1-22(2,3)28-21(26)24-19-9-6-7-16(13-19)14-25(27)15-18(23)12-11-17-8-4-5-10-20(17)25/h4-10,13,18H,11-12,14-15,23H2,1-3H3,(H,24,26). The van der Waals surface area contributed by atoms with E-state index in [4.69, 9.17) is 10.5 Å². The van der Waals surface area contributed by atoms with Crippen LogP contribution in [0.2, 0.25) is 0 Å². The highest BCUT2D eigenvalue weighted by Gasteiger charge is 2.30. The highest BCUT2D eigenvalue weighted by molar-refractivity contribution is 5.84. The van der Waals surface area contributed by atoms with Gasteiger partial charge in [0.15, 0.2) is 0 Å². The van der Waals surface area contributed by atoms with E-state index in [0.717, 1.165) is 29.7 Å². The Morgan fingerprint density at radius 1 is 1.25 bits per heavy atom. The monoisotopic (exact) mass is 383 g/mol. The van der Waals surface area contributed by atoms with Crippen molar-refractivity contribution in [2.24, 2.45) is 5.73 Å². The van der Waals surface area contributed by atoms with Gasteiger partial charge in [-0.3, -0.25) is 5.32 Å². The summed E-state index contributed by atoms with van der Waals surface area (Å²) < 4.78 is 4.80. The molecule has 1 heterocycles. The minimum Gasteiger partial charge on any atom is -0.627 e. The summed E-state index contributed by atoms with van der Waals surface area (Å²) in [6, 6.07) is 15.0. The molecule has 3 N–H and O–H groups in total. The first kappa shape index (κ1) is 20.3. The maximum absolute atomic E-state index is 13.8. The Kier molecular flexibility index (Phi) is 5.74. The summed E-state index contributed by atoms with van der Waals surface area (Å²) in [4.78, 5) is 12.0. The molecule has 150 valence electrons. The number of hydroxylamine groups is 2. The van der Waals surface area contributed by atoms with Gasteiger partial charge in [0.05, 0.1) is 12.6 Å². The van der Waals surface area contributed by atoms with E-state index in [0.29, 0.717) is 12.2 Å². The number of ether oxygens (including phenoxy) is 1. The molecule has 0 radical (unpaired) electrons. The first-order valence-electron chi connectivity index (χ1n) is 9.66. The van der Waals surface area contributed by atoms with Crippen LogP contribution in [0.1, 0.15) is 38.3 Å². The molecular weight excluding hydrogens is 354 g/mol. The van der Waals surface area contributed by atoms with Crippen molar-refractivity contribution < 1.29 is 9.53 Å². The summed E-state index contributed by atoms with van der Waals surface area (Å²) in [6.07, 6.45) is 1.11. The number of anilines is 1. The molecule has 2 aromatic rings. The summed E-state index contributed by atoms with van der Waals surface area (Å²) in [6.45, 7) is 6.03. The van der Waals surface area contributed by atoms with Crippen LogP contribution in [-0.4, -0.2) is 24.3 Å². The smallest absolute Gasteiger partial charge is 0.412 e. The van der Waals surface area contributed by atoms with Crippen LogP contribution in [0.25, 0.3) is 0 Å². The molecule has 0 fully saturated rings. The van der Waals surface area contributed by atoms with Crippen LogP contribution in [0, 0.1) is 5.21 Å². The first-order chi connectivity index (χ1) is 13.1. The lowest BCUT2D eigenvalue weighted by Crippen LogP contribution is -2.49. The number of para-hydroxylation sites is 1. The van der Waals surface area contributed by atoms with Crippen molar-refractivity contribution in [3.8, 4) is 0 Å². The first-order valence-corrected chi connectivity index (χ1v) is 9.66. The van der Waals surface area contributed by atoms with E-state index < -0.39 is 16.3 Å². The zero-order chi connectivity index (χ0) is 20.4. The van der Waals surface area contributed by atoms with Crippen molar-refractivity contribution in [3.63, 3.8) is 0 Å². The minimum absolute atomic E-state index is 0.145. The van der Waals surface area contributed by atoms with E-state index in [2.05, 4.69) is 5.32 Å². The van der Waals surface area contributed by atoms with Gasteiger partial charge in [0.2, 0.25) is 0 Å². The topological polar surface area (TPSA) is 87.4 Å². The predicted molar refractivity (Wildman–Crippen MR) is 113 cm³/mol. The van der Waals surface area contributed by atoms with Gasteiger partial charge < -0.3 is 20.3 Å². The van der Waals surface area contributed by atoms with Crippen molar-refractivity contribution in [1.82, 2.24) is 4.65 Å². The molecule has 6 nitrogen and oxygen atoms in total. The van der Waals surface area contributed by atoms with Crippen LogP contribution in [0.4, 0.5) is 16.2 Å². The zero-order valence-corrected chi connectivity index (χ0v) is 16.8.